The lowest BCUT2D eigenvalue weighted by Gasteiger charge is -2.14. The number of fused-ring (bicyclic) bond motifs is 6. The predicted molar refractivity (Wildman–Crippen MR) is 234 cm³/mol. The second-order valence-electron chi connectivity index (χ2n) is 14.3. The molecule has 57 heavy (non-hydrogen) atoms. The first-order valence-electron chi connectivity index (χ1n) is 19.1. The maximum atomic E-state index is 5.03. The molecule has 0 aliphatic rings. The lowest BCUT2D eigenvalue weighted by atomic mass is 9.91. The van der Waals surface area contributed by atoms with Crippen LogP contribution in [0.3, 0.4) is 0 Å². The Hall–Kier alpha value is -7.76. The first-order chi connectivity index (χ1) is 28.2. The highest BCUT2D eigenvalue weighted by Crippen LogP contribution is 2.40. The number of hydrogen-bond donors (Lipinski definition) is 0. The number of benzene rings is 8. The first-order valence-corrected chi connectivity index (χ1v) is 19.1. The van der Waals surface area contributed by atoms with Gasteiger partial charge in [0, 0.05) is 50.1 Å². The maximum Gasteiger partial charge on any atom is 0.164 e. The molecule has 0 saturated heterocycles. The summed E-state index contributed by atoms with van der Waals surface area (Å²) in [7, 11) is 0. The van der Waals surface area contributed by atoms with E-state index in [1.165, 1.54) is 21.8 Å². The summed E-state index contributed by atoms with van der Waals surface area (Å²) in [6.07, 6.45) is 1.88. The summed E-state index contributed by atoms with van der Waals surface area (Å²) >= 11 is 0. The van der Waals surface area contributed by atoms with Gasteiger partial charge in [0.2, 0.25) is 0 Å². The van der Waals surface area contributed by atoms with E-state index < -0.39 is 0 Å². The second-order valence-corrected chi connectivity index (χ2v) is 14.3. The average molecular weight is 728 g/mol. The van der Waals surface area contributed by atoms with Crippen LogP contribution in [0, 0.1) is 0 Å². The summed E-state index contributed by atoms with van der Waals surface area (Å²) in [4.78, 5) is 19.8. The standard InChI is InChI=1S/C52H33N5/c1-4-14-34(15-5-1)50-54-51(35-16-6-2-7-17-35)56-52(55-50)40-19-12-18-38(30-40)44-33-39-20-13-29-53-49(39)43-27-25-36(31-45(43)44)37-26-28-48-46(32-37)42-23-10-11-24-47(42)57(48)41-21-8-3-9-22-41/h1-33H. The zero-order valence-corrected chi connectivity index (χ0v) is 30.8. The van der Waals surface area contributed by atoms with Gasteiger partial charge in [-0.2, -0.15) is 0 Å². The third-order valence-electron chi connectivity index (χ3n) is 10.9. The number of hydrogen-bond acceptors (Lipinski definition) is 4. The van der Waals surface area contributed by atoms with E-state index in [-0.39, 0.29) is 0 Å². The first kappa shape index (κ1) is 32.7. The van der Waals surface area contributed by atoms with Gasteiger partial charge in [-0.05, 0) is 82.2 Å². The molecule has 11 aromatic rings. The fourth-order valence-electron chi connectivity index (χ4n) is 8.16. The van der Waals surface area contributed by atoms with Gasteiger partial charge in [0.1, 0.15) is 0 Å². The number of rotatable bonds is 6. The van der Waals surface area contributed by atoms with Crippen LogP contribution in [0.15, 0.2) is 200 Å². The molecule has 0 fully saturated rings. The average Bonchev–Trinajstić information content (AvgIpc) is 3.63. The van der Waals surface area contributed by atoms with Crippen LogP contribution in [0.25, 0.3) is 106 Å². The Balaban J connectivity index is 1.08. The third kappa shape index (κ3) is 5.72. The van der Waals surface area contributed by atoms with Crippen LogP contribution in [0.5, 0.6) is 0 Å². The predicted octanol–water partition coefficient (Wildman–Crippen LogP) is 13.0. The molecule has 5 heteroatoms. The lowest BCUT2D eigenvalue weighted by Crippen LogP contribution is -2.00. The molecular formula is C52H33N5. The Morgan fingerprint density at radius 1 is 0.333 bits per heavy atom. The Kier molecular flexibility index (Phi) is 7.74. The topological polar surface area (TPSA) is 56.5 Å². The Bertz CT molecular complexity index is 3220. The van der Waals surface area contributed by atoms with Crippen LogP contribution in [-0.4, -0.2) is 24.5 Å². The van der Waals surface area contributed by atoms with E-state index in [1.807, 2.05) is 72.9 Å². The third-order valence-corrected chi connectivity index (χ3v) is 10.9. The largest absolute Gasteiger partial charge is 0.309 e. The van der Waals surface area contributed by atoms with Crippen LogP contribution in [-0.2, 0) is 0 Å². The van der Waals surface area contributed by atoms with Crippen molar-refractivity contribution in [2.75, 3.05) is 0 Å². The smallest absolute Gasteiger partial charge is 0.164 e. The SMILES string of the molecule is c1ccc(-c2nc(-c3ccccc3)nc(-c3cccc(-c4cc5cccnc5c5ccc(-c6ccc7c(c6)c6ccccc6n7-c6ccccc6)cc45)c3)n2)cc1. The van der Waals surface area contributed by atoms with Gasteiger partial charge in [0.25, 0.3) is 0 Å². The van der Waals surface area contributed by atoms with E-state index in [4.69, 9.17) is 19.9 Å². The van der Waals surface area contributed by atoms with Crippen LogP contribution >= 0.6 is 0 Å². The van der Waals surface area contributed by atoms with Crippen LogP contribution in [0.2, 0.25) is 0 Å². The molecule has 266 valence electrons. The molecule has 5 nitrogen and oxygen atoms in total. The van der Waals surface area contributed by atoms with E-state index in [0.717, 1.165) is 66.3 Å². The van der Waals surface area contributed by atoms with Crippen LogP contribution in [0.4, 0.5) is 0 Å². The van der Waals surface area contributed by atoms with Gasteiger partial charge in [0.15, 0.2) is 17.5 Å². The zero-order valence-electron chi connectivity index (χ0n) is 30.8. The summed E-state index contributed by atoms with van der Waals surface area (Å²) in [5, 5.41) is 5.79. The van der Waals surface area contributed by atoms with Crippen molar-refractivity contribution < 1.29 is 0 Å². The summed E-state index contributed by atoms with van der Waals surface area (Å²) in [6, 6.07) is 68.1. The van der Waals surface area contributed by atoms with Gasteiger partial charge in [-0.3, -0.25) is 4.98 Å². The van der Waals surface area contributed by atoms with Gasteiger partial charge < -0.3 is 4.57 Å². The number of nitrogens with zero attached hydrogens (tertiary/aromatic N) is 5. The molecule has 8 aromatic carbocycles. The molecule has 0 bridgehead atoms. The van der Waals surface area contributed by atoms with Crippen molar-refractivity contribution in [3.8, 4) is 62.1 Å². The molecule has 0 unspecified atom stereocenters. The molecule has 0 N–H and O–H groups in total. The van der Waals surface area contributed by atoms with Gasteiger partial charge in [-0.25, -0.2) is 15.0 Å². The van der Waals surface area contributed by atoms with E-state index in [9.17, 15) is 0 Å². The quantitative estimate of drug-likeness (QED) is 0.160. The fraction of sp³-hybridized carbons (Fsp3) is 0. The lowest BCUT2D eigenvalue weighted by molar-refractivity contribution is 1.07. The van der Waals surface area contributed by atoms with Crippen molar-refractivity contribution in [2.24, 2.45) is 0 Å². The zero-order chi connectivity index (χ0) is 37.7. The molecule has 0 atom stereocenters. The molecular weight excluding hydrogens is 695 g/mol. The summed E-state index contributed by atoms with van der Waals surface area (Å²) < 4.78 is 2.36. The van der Waals surface area contributed by atoms with E-state index in [1.54, 1.807) is 0 Å². The van der Waals surface area contributed by atoms with Crippen molar-refractivity contribution in [2.45, 2.75) is 0 Å². The molecule has 0 radical (unpaired) electrons. The highest BCUT2D eigenvalue weighted by molar-refractivity contribution is 6.14. The monoisotopic (exact) mass is 727 g/mol. The summed E-state index contributed by atoms with van der Waals surface area (Å²) in [5.41, 5.74) is 11.8. The minimum absolute atomic E-state index is 0.625. The van der Waals surface area contributed by atoms with Gasteiger partial charge in [-0.1, -0.05) is 140 Å². The number of para-hydroxylation sites is 2. The van der Waals surface area contributed by atoms with Crippen molar-refractivity contribution in [3.05, 3.63) is 200 Å². The molecule has 11 rings (SSSR count). The van der Waals surface area contributed by atoms with Gasteiger partial charge in [-0.15, -0.1) is 0 Å². The molecule has 0 spiro atoms. The molecule has 0 amide bonds. The highest BCUT2D eigenvalue weighted by atomic mass is 15.0. The van der Waals surface area contributed by atoms with E-state index >= 15 is 0 Å². The van der Waals surface area contributed by atoms with Gasteiger partial charge >= 0.3 is 0 Å². The minimum Gasteiger partial charge on any atom is -0.309 e. The molecule has 0 saturated carbocycles. The number of pyridine rings is 1. The molecule has 3 aromatic heterocycles. The Morgan fingerprint density at radius 3 is 1.65 bits per heavy atom. The van der Waals surface area contributed by atoms with Crippen molar-refractivity contribution in [1.29, 1.82) is 0 Å². The van der Waals surface area contributed by atoms with Crippen molar-refractivity contribution in [3.63, 3.8) is 0 Å². The fourth-order valence-corrected chi connectivity index (χ4v) is 8.16. The maximum absolute atomic E-state index is 5.03. The molecule has 0 aliphatic heterocycles. The molecule has 0 aliphatic carbocycles. The summed E-state index contributed by atoms with van der Waals surface area (Å²) in [6.45, 7) is 0. The highest BCUT2D eigenvalue weighted by Gasteiger charge is 2.17. The van der Waals surface area contributed by atoms with Crippen LogP contribution < -0.4 is 0 Å². The van der Waals surface area contributed by atoms with Gasteiger partial charge in [0.05, 0.1) is 16.6 Å². The Morgan fingerprint density at radius 2 is 0.912 bits per heavy atom. The molecule has 3 heterocycles. The summed E-state index contributed by atoms with van der Waals surface area (Å²) in [5.74, 6) is 1.90. The number of aromatic nitrogens is 5. The minimum atomic E-state index is 0.625. The van der Waals surface area contributed by atoms with E-state index in [2.05, 4.69) is 132 Å². The normalized spacial score (nSPS) is 11.5. The van der Waals surface area contributed by atoms with Crippen LogP contribution in [0.1, 0.15) is 0 Å². The van der Waals surface area contributed by atoms with Crippen molar-refractivity contribution >= 4 is 43.5 Å². The Labute approximate surface area is 329 Å². The van der Waals surface area contributed by atoms with E-state index in [0.29, 0.717) is 17.5 Å². The van der Waals surface area contributed by atoms with Crippen molar-refractivity contribution in [1.82, 2.24) is 24.5 Å². The second kappa shape index (κ2) is 13.5.